The van der Waals surface area contributed by atoms with Crippen molar-refractivity contribution in [1.82, 2.24) is 0 Å². The molecular weight excluding hydrogens is 552 g/mol. The van der Waals surface area contributed by atoms with E-state index in [2.05, 4.69) is 17.2 Å². The number of hydrogen-bond acceptors (Lipinski definition) is 6. The molecular formula is C9H27K3N3O12P3. The smallest absolute Gasteiger partial charge is 1.00 e. The third kappa shape index (κ3) is 63.5. The van der Waals surface area contributed by atoms with Gasteiger partial charge < -0.3 is 50.8 Å². The molecule has 0 heterocycles. The van der Waals surface area contributed by atoms with Crippen LogP contribution in [0.25, 0.3) is 0 Å². The number of rotatable bonds is 9. The number of amides is 3. The van der Waals surface area contributed by atoms with E-state index in [-0.39, 0.29) is 178 Å². The number of carbonyl (C=O) groups is 3. The fraction of sp³-hybridized carbons (Fsp3) is 0.667. The summed E-state index contributed by atoms with van der Waals surface area (Å²) in [6.45, 7) is 0. The Hall–Kier alpha value is 3.77. The van der Waals surface area contributed by atoms with E-state index in [1.165, 1.54) is 0 Å². The van der Waals surface area contributed by atoms with Gasteiger partial charge in [0, 0.05) is 19.3 Å². The standard InChI is InChI=1S/3C3H8NO4P.3K.3H/c3*4-3(5)1-2-9(6,7)8;;;;;;/h3*1-2H2,(H2,4,5)(H2,6,7,8);;;;;;/q;;;3*+1;3*-1. The average molecular weight is 580 g/mol. The Morgan fingerprint density at radius 3 is 0.700 bits per heavy atom. The van der Waals surface area contributed by atoms with Crippen molar-refractivity contribution in [3.8, 4) is 0 Å². The van der Waals surface area contributed by atoms with Crippen molar-refractivity contribution < 1.29 is 216 Å². The number of carbonyl (C=O) groups excluding carboxylic acids is 3. The molecule has 0 bridgehead atoms. The summed E-state index contributed by atoms with van der Waals surface area (Å²) in [4.78, 5) is 78.8. The second-order valence-corrected chi connectivity index (χ2v) is 10.1. The molecule has 0 aliphatic heterocycles. The Balaban J connectivity index is -0.0000000343. The van der Waals surface area contributed by atoms with Gasteiger partial charge >= 0.3 is 177 Å². The maximum absolute atomic E-state index is 10.0. The molecule has 0 saturated heterocycles. The topological polar surface area (TPSA) is 302 Å². The van der Waals surface area contributed by atoms with Crippen LogP contribution >= 0.6 is 22.8 Å². The molecule has 15 nitrogen and oxygen atoms in total. The predicted octanol–water partition coefficient (Wildman–Crippen LogP) is -11.5. The molecule has 30 heavy (non-hydrogen) atoms. The maximum atomic E-state index is 10.0. The van der Waals surface area contributed by atoms with Crippen LogP contribution in [0.2, 0.25) is 0 Å². The molecule has 12 N–H and O–H groups in total. The number of primary amides is 3. The van der Waals surface area contributed by atoms with Crippen LogP contribution in [0.5, 0.6) is 0 Å². The van der Waals surface area contributed by atoms with Gasteiger partial charge in [-0.15, -0.1) is 0 Å². The Labute approximate surface area is 305 Å². The summed E-state index contributed by atoms with van der Waals surface area (Å²) in [5.74, 6) is -2.09. The Bertz CT molecular complexity index is 564. The summed E-state index contributed by atoms with van der Waals surface area (Å²) >= 11 is 0. The number of hydrogen-bond donors (Lipinski definition) is 9. The van der Waals surface area contributed by atoms with Crippen molar-refractivity contribution in [3.63, 3.8) is 0 Å². The van der Waals surface area contributed by atoms with Gasteiger partial charge in [0.25, 0.3) is 0 Å². The number of nitrogens with two attached hydrogens (primary N) is 3. The summed E-state index contributed by atoms with van der Waals surface area (Å²) in [6, 6.07) is 0. The van der Waals surface area contributed by atoms with Crippen molar-refractivity contribution in [1.29, 1.82) is 0 Å². The fourth-order valence-corrected chi connectivity index (χ4v) is 2.30. The molecule has 0 unspecified atom stereocenters. The molecule has 0 atom stereocenters. The van der Waals surface area contributed by atoms with E-state index in [0.717, 1.165) is 0 Å². The minimum Gasteiger partial charge on any atom is -1.00 e. The normalized spacial score (nSPS) is 10.2. The zero-order chi connectivity index (χ0) is 22.5. The van der Waals surface area contributed by atoms with Gasteiger partial charge in [0.15, 0.2) is 0 Å². The molecule has 0 rings (SSSR count). The van der Waals surface area contributed by atoms with Gasteiger partial charge in [-0.2, -0.15) is 0 Å². The predicted molar refractivity (Wildman–Crippen MR) is 95.5 cm³/mol. The molecule has 0 aromatic heterocycles. The van der Waals surface area contributed by atoms with Gasteiger partial charge in [-0.3, -0.25) is 28.1 Å². The molecule has 0 aliphatic carbocycles. The van der Waals surface area contributed by atoms with Crippen LogP contribution in [-0.2, 0) is 28.1 Å². The molecule has 0 fully saturated rings. The summed E-state index contributed by atoms with van der Waals surface area (Å²) in [5, 5.41) is 0. The van der Waals surface area contributed by atoms with E-state index in [9.17, 15) is 28.1 Å². The van der Waals surface area contributed by atoms with E-state index in [4.69, 9.17) is 29.4 Å². The zero-order valence-corrected chi connectivity index (χ0v) is 29.0. The molecule has 21 heteroatoms. The van der Waals surface area contributed by atoms with Crippen LogP contribution in [0.3, 0.4) is 0 Å². The first-order chi connectivity index (χ1) is 11.7. The average Bonchev–Trinajstić information content (AvgIpc) is 2.40. The molecule has 0 aliphatic rings. The second kappa shape index (κ2) is 24.5. The zero-order valence-electron chi connectivity index (χ0n) is 19.9. The Morgan fingerprint density at radius 2 is 0.667 bits per heavy atom. The van der Waals surface area contributed by atoms with Crippen molar-refractivity contribution in [3.05, 3.63) is 0 Å². The SMILES string of the molecule is NC(=O)CCP(=O)(O)O.NC(=O)CCP(=O)(O)O.NC(=O)CCP(=O)(O)O.[H-].[H-].[H-].[K+].[K+].[K+]. The summed E-state index contributed by atoms with van der Waals surface area (Å²) in [7, 11) is -12.1. The van der Waals surface area contributed by atoms with Crippen LogP contribution in [0.1, 0.15) is 23.5 Å². The Kier molecular flexibility index (Phi) is 38.3. The quantitative estimate of drug-likeness (QED) is 0.0908. The van der Waals surface area contributed by atoms with Crippen molar-refractivity contribution in [2.45, 2.75) is 19.3 Å². The van der Waals surface area contributed by atoms with Gasteiger partial charge in [-0.1, -0.05) is 0 Å². The molecule has 0 saturated carbocycles. The van der Waals surface area contributed by atoms with E-state index in [0.29, 0.717) is 0 Å². The summed E-state index contributed by atoms with van der Waals surface area (Å²) in [5.41, 5.74) is 13.9. The Morgan fingerprint density at radius 1 is 0.533 bits per heavy atom. The van der Waals surface area contributed by atoms with Gasteiger partial charge in [-0.05, 0) is 0 Å². The second-order valence-electron chi connectivity index (χ2n) is 4.81. The molecule has 168 valence electrons. The molecule has 0 radical (unpaired) electrons. The molecule has 3 amide bonds. The monoisotopic (exact) mass is 579 g/mol. The van der Waals surface area contributed by atoms with Crippen molar-refractivity contribution >= 4 is 40.5 Å². The minimum absolute atomic E-state index is 0. The first-order valence-corrected chi connectivity index (χ1v) is 12.1. The van der Waals surface area contributed by atoms with Crippen LogP contribution in [-0.4, -0.2) is 65.6 Å². The largest absolute Gasteiger partial charge is 1.00 e. The first kappa shape index (κ1) is 47.0. The third-order valence-corrected chi connectivity index (χ3v) is 4.37. The van der Waals surface area contributed by atoms with Crippen LogP contribution < -0.4 is 171 Å². The van der Waals surface area contributed by atoms with Crippen molar-refractivity contribution in [2.75, 3.05) is 18.5 Å². The van der Waals surface area contributed by atoms with Gasteiger partial charge in [0.1, 0.15) is 0 Å². The molecule has 0 aromatic rings. The minimum atomic E-state index is -4.02. The van der Waals surface area contributed by atoms with Crippen molar-refractivity contribution in [2.24, 2.45) is 17.2 Å². The van der Waals surface area contributed by atoms with E-state index in [1.54, 1.807) is 0 Å². The van der Waals surface area contributed by atoms with Crippen LogP contribution in [0, 0.1) is 0 Å². The molecule has 0 spiro atoms. The van der Waals surface area contributed by atoms with Gasteiger partial charge in [-0.25, -0.2) is 0 Å². The summed E-state index contributed by atoms with van der Waals surface area (Å²) in [6.07, 6.45) is -2.15. The van der Waals surface area contributed by atoms with Gasteiger partial charge in [0.2, 0.25) is 17.7 Å². The van der Waals surface area contributed by atoms with E-state index < -0.39 is 59.0 Å². The first-order valence-electron chi connectivity index (χ1n) is 6.74. The maximum Gasteiger partial charge on any atom is 1.00 e. The van der Waals surface area contributed by atoms with Gasteiger partial charge in [0.05, 0.1) is 18.5 Å². The van der Waals surface area contributed by atoms with E-state index in [1.807, 2.05) is 0 Å². The van der Waals surface area contributed by atoms with E-state index >= 15 is 0 Å². The van der Waals surface area contributed by atoms with Crippen LogP contribution in [0.15, 0.2) is 0 Å². The van der Waals surface area contributed by atoms with Crippen LogP contribution in [0.4, 0.5) is 0 Å². The fourth-order valence-electron chi connectivity index (χ4n) is 0.768. The summed E-state index contributed by atoms with van der Waals surface area (Å²) < 4.78 is 30.1. The molecule has 0 aromatic carbocycles. The third-order valence-electron chi connectivity index (χ3n) is 1.95.